The molecule has 2 rings (SSSR count). The van der Waals surface area contributed by atoms with Crippen LogP contribution < -0.4 is 5.32 Å². The van der Waals surface area contributed by atoms with Gasteiger partial charge < -0.3 is 19.7 Å². The quantitative estimate of drug-likeness (QED) is 0.766. The molecule has 1 aromatic rings. The molecule has 1 fully saturated rings. The average molecular weight is 369 g/mol. The minimum absolute atomic E-state index is 0.0440. The number of carbonyl (C=O) groups excluding carboxylic acids is 2. The van der Waals surface area contributed by atoms with Gasteiger partial charge in [0, 0.05) is 25.4 Å². The number of amides is 2. The van der Waals surface area contributed by atoms with E-state index in [0.717, 1.165) is 19.4 Å². The summed E-state index contributed by atoms with van der Waals surface area (Å²) < 4.78 is 10.8. The first-order valence-electron chi connectivity index (χ1n) is 8.63. The lowest BCUT2D eigenvalue weighted by Gasteiger charge is -2.19. The third kappa shape index (κ3) is 5.70. The van der Waals surface area contributed by atoms with Gasteiger partial charge in [0.05, 0.1) is 23.3 Å². The maximum Gasteiger partial charge on any atom is 0.255 e. The highest BCUT2D eigenvalue weighted by Gasteiger charge is 2.17. The number of rotatable bonds is 8. The standard InChI is InChI=1S/C18H25ClN2O4/c1-3-21(4-2)18(23)15-8-7-13(10-16(15)19)20-17(22)12-24-11-14-6-5-9-25-14/h7-8,10,14H,3-6,9,11-12H2,1-2H3,(H,20,22). The molecule has 0 spiro atoms. The van der Waals surface area contributed by atoms with Crippen LogP contribution >= 0.6 is 11.6 Å². The number of ether oxygens (including phenoxy) is 2. The van der Waals surface area contributed by atoms with Crippen molar-refractivity contribution in [3.05, 3.63) is 28.8 Å². The number of nitrogens with one attached hydrogen (secondary N) is 1. The van der Waals surface area contributed by atoms with Gasteiger partial charge in [-0.25, -0.2) is 0 Å². The molecular formula is C18H25ClN2O4. The van der Waals surface area contributed by atoms with Crippen molar-refractivity contribution in [2.75, 3.05) is 38.2 Å². The molecule has 0 bridgehead atoms. The van der Waals surface area contributed by atoms with E-state index in [2.05, 4.69) is 5.32 Å². The Hall–Kier alpha value is -1.63. The van der Waals surface area contributed by atoms with Gasteiger partial charge in [-0.2, -0.15) is 0 Å². The molecular weight excluding hydrogens is 344 g/mol. The van der Waals surface area contributed by atoms with Crippen molar-refractivity contribution in [2.45, 2.75) is 32.8 Å². The summed E-state index contributed by atoms with van der Waals surface area (Å²) in [7, 11) is 0. The van der Waals surface area contributed by atoms with Gasteiger partial charge in [0.2, 0.25) is 5.91 Å². The Morgan fingerprint density at radius 2 is 2.12 bits per heavy atom. The fourth-order valence-electron chi connectivity index (χ4n) is 2.70. The summed E-state index contributed by atoms with van der Waals surface area (Å²) in [5.41, 5.74) is 0.963. The number of nitrogens with zero attached hydrogens (tertiary/aromatic N) is 1. The molecule has 1 aliphatic rings. The van der Waals surface area contributed by atoms with E-state index in [1.54, 1.807) is 23.1 Å². The van der Waals surface area contributed by atoms with Gasteiger partial charge in [-0.3, -0.25) is 9.59 Å². The summed E-state index contributed by atoms with van der Waals surface area (Å²) in [6, 6.07) is 4.88. The Morgan fingerprint density at radius 3 is 2.72 bits per heavy atom. The largest absolute Gasteiger partial charge is 0.376 e. The van der Waals surface area contributed by atoms with E-state index in [-0.39, 0.29) is 24.5 Å². The predicted molar refractivity (Wildman–Crippen MR) is 97.1 cm³/mol. The van der Waals surface area contributed by atoms with Gasteiger partial charge in [-0.1, -0.05) is 11.6 Å². The smallest absolute Gasteiger partial charge is 0.255 e. The zero-order valence-electron chi connectivity index (χ0n) is 14.7. The number of benzene rings is 1. The van der Waals surface area contributed by atoms with E-state index >= 15 is 0 Å². The Kier molecular flexibility index (Phi) is 7.68. The van der Waals surface area contributed by atoms with Crippen molar-refractivity contribution in [3.8, 4) is 0 Å². The number of hydrogen-bond acceptors (Lipinski definition) is 4. The number of hydrogen-bond donors (Lipinski definition) is 1. The predicted octanol–water partition coefficient (Wildman–Crippen LogP) is 2.96. The second-order valence-corrected chi connectivity index (χ2v) is 6.28. The van der Waals surface area contributed by atoms with E-state index in [1.807, 2.05) is 13.8 Å². The maximum absolute atomic E-state index is 12.4. The Bertz CT molecular complexity index is 599. The molecule has 7 heteroatoms. The topological polar surface area (TPSA) is 67.9 Å². The van der Waals surface area contributed by atoms with Crippen LogP contribution in [0.2, 0.25) is 5.02 Å². The van der Waals surface area contributed by atoms with Crippen molar-refractivity contribution in [1.82, 2.24) is 4.90 Å². The van der Waals surface area contributed by atoms with Crippen LogP contribution in [0.3, 0.4) is 0 Å². The first-order valence-corrected chi connectivity index (χ1v) is 9.01. The van der Waals surface area contributed by atoms with Gasteiger partial charge >= 0.3 is 0 Å². The Labute approximate surface area is 153 Å². The van der Waals surface area contributed by atoms with Gasteiger partial charge in [-0.15, -0.1) is 0 Å². The van der Waals surface area contributed by atoms with Gasteiger partial charge in [0.1, 0.15) is 6.61 Å². The highest BCUT2D eigenvalue weighted by molar-refractivity contribution is 6.34. The highest BCUT2D eigenvalue weighted by atomic mass is 35.5. The van der Waals surface area contributed by atoms with Crippen LogP contribution in [0, 0.1) is 0 Å². The summed E-state index contributed by atoms with van der Waals surface area (Å²) in [5, 5.41) is 3.03. The number of anilines is 1. The molecule has 138 valence electrons. The van der Waals surface area contributed by atoms with E-state index in [0.29, 0.717) is 36.0 Å². The van der Waals surface area contributed by atoms with Crippen LogP contribution in [-0.2, 0) is 14.3 Å². The third-order valence-electron chi connectivity index (χ3n) is 4.09. The Morgan fingerprint density at radius 1 is 1.36 bits per heavy atom. The molecule has 0 aliphatic carbocycles. The summed E-state index contributed by atoms with van der Waals surface area (Å²) >= 11 is 6.21. The van der Waals surface area contributed by atoms with Crippen molar-refractivity contribution in [2.24, 2.45) is 0 Å². The van der Waals surface area contributed by atoms with E-state index in [4.69, 9.17) is 21.1 Å². The van der Waals surface area contributed by atoms with Gasteiger partial charge in [0.15, 0.2) is 0 Å². The summed E-state index contributed by atoms with van der Waals surface area (Å²) in [6.45, 7) is 6.21. The second kappa shape index (κ2) is 9.75. The van der Waals surface area contributed by atoms with Gasteiger partial charge in [-0.05, 0) is 44.9 Å². The van der Waals surface area contributed by atoms with E-state index < -0.39 is 0 Å². The van der Waals surface area contributed by atoms with Crippen LogP contribution in [0.15, 0.2) is 18.2 Å². The number of halogens is 1. The number of carbonyl (C=O) groups is 2. The molecule has 6 nitrogen and oxygen atoms in total. The Balaban J connectivity index is 1.86. The zero-order valence-corrected chi connectivity index (χ0v) is 15.5. The molecule has 0 saturated carbocycles. The summed E-state index contributed by atoms with van der Waals surface area (Å²) in [6.07, 6.45) is 2.10. The molecule has 1 heterocycles. The third-order valence-corrected chi connectivity index (χ3v) is 4.41. The van der Waals surface area contributed by atoms with E-state index in [1.165, 1.54) is 0 Å². The lowest BCUT2D eigenvalue weighted by Crippen LogP contribution is -2.30. The monoisotopic (exact) mass is 368 g/mol. The SMILES string of the molecule is CCN(CC)C(=O)c1ccc(NC(=O)COCC2CCCO2)cc1Cl. The van der Waals surface area contributed by atoms with Crippen LogP contribution in [0.25, 0.3) is 0 Å². The minimum atomic E-state index is -0.267. The van der Waals surface area contributed by atoms with Gasteiger partial charge in [0.25, 0.3) is 5.91 Å². The van der Waals surface area contributed by atoms with Crippen molar-refractivity contribution in [3.63, 3.8) is 0 Å². The molecule has 1 aromatic carbocycles. The van der Waals surface area contributed by atoms with Crippen LogP contribution in [0.1, 0.15) is 37.0 Å². The van der Waals surface area contributed by atoms with E-state index in [9.17, 15) is 9.59 Å². The van der Waals surface area contributed by atoms with Crippen molar-refractivity contribution in [1.29, 1.82) is 0 Å². The molecule has 25 heavy (non-hydrogen) atoms. The molecule has 1 atom stereocenters. The van der Waals surface area contributed by atoms with Crippen molar-refractivity contribution >= 4 is 29.1 Å². The van der Waals surface area contributed by atoms with Crippen molar-refractivity contribution < 1.29 is 19.1 Å². The molecule has 1 aliphatic heterocycles. The zero-order chi connectivity index (χ0) is 18.2. The summed E-state index contributed by atoms with van der Waals surface area (Å²) in [4.78, 5) is 26.0. The highest BCUT2D eigenvalue weighted by Crippen LogP contribution is 2.22. The second-order valence-electron chi connectivity index (χ2n) is 5.87. The molecule has 1 N–H and O–H groups in total. The minimum Gasteiger partial charge on any atom is -0.376 e. The molecule has 1 unspecified atom stereocenters. The molecule has 2 amide bonds. The maximum atomic E-state index is 12.4. The molecule has 1 saturated heterocycles. The first-order chi connectivity index (χ1) is 12.0. The summed E-state index contributed by atoms with van der Waals surface area (Å²) in [5.74, 6) is -0.385. The lowest BCUT2D eigenvalue weighted by atomic mass is 10.1. The van der Waals surface area contributed by atoms with Crippen LogP contribution in [0.5, 0.6) is 0 Å². The fraction of sp³-hybridized carbons (Fsp3) is 0.556. The fourth-order valence-corrected chi connectivity index (χ4v) is 2.96. The lowest BCUT2D eigenvalue weighted by molar-refractivity contribution is -0.121. The normalized spacial score (nSPS) is 16.7. The average Bonchev–Trinajstić information content (AvgIpc) is 3.09. The molecule has 0 radical (unpaired) electrons. The van der Waals surface area contributed by atoms with Crippen LogP contribution in [0.4, 0.5) is 5.69 Å². The van der Waals surface area contributed by atoms with Crippen LogP contribution in [-0.4, -0.2) is 55.7 Å². The first kappa shape index (κ1) is 19.7. The molecule has 0 aromatic heterocycles.